The summed E-state index contributed by atoms with van der Waals surface area (Å²) in [5.74, 6) is -0.903. The van der Waals surface area contributed by atoms with Gasteiger partial charge in [-0.2, -0.15) is 0 Å². The number of aromatic nitrogens is 1. The zero-order valence-electron chi connectivity index (χ0n) is 7.27. The van der Waals surface area contributed by atoms with Crippen molar-refractivity contribution in [2.24, 2.45) is 0 Å². The molecule has 0 unspecified atom stereocenters. The first-order chi connectivity index (χ1) is 6.61. The minimum atomic E-state index is -0.903. The van der Waals surface area contributed by atoms with Crippen LogP contribution in [0.1, 0.15) is 12.0 Å². The zero-order valence-corrected chi connectivity index (χ0v) is 8.03. The van der Waals surface area contributed by atoms with E-state index in [1.165, 1.54) is 12.3 Å². The Morgan fingerprint density at radius 3 is 3.00 bits per heavy atom. The van der Waals surface area contributed by atoms with Gasteiger partial charge in [0.25, 0.3) is 0 Å². The van der Waals surface area contributed by atoms with Crippen molar-refractivity contribution in [2.45, 2.75) is 6.42 Å². The van der Waals surface area contributed by atoms with E-state index >= 15 is 0 Å². The van der Waals surface area contributed by atoms with Crippen LogP contribution in [0.4, 0.5) is 5.69 Å². The summed E-state index contributed by atoms with van der Waals surface area (Å²) in [5, 5.41) is 8.67. The summed E-state index contributed by atoms with van der Waals surface area (Å²) in [6, 6.07) is 1.60. The van der Waals surface area contributed by atoms with Crippen LogP contribution < -0.4 is 5.73 Å². The quantitative estimate of drug-likeness (QED) is 0.750. The third kappa shape index (κ3) is 2.74. The van der Waals surface area contributed by atoms with E-state index in [9.17, 15) is 4.79 Å². The molecule has 0 radical (unpaired) electrons. The van der Waals surface area contributed by atoms with Gasteiger partial charge in [-0.15, -0.1) is 0 Å². The SMILES string of the molecule is Nc1ccnc(Cl)c1C=CCC(=O)O. The van der Waals surface area contributed by atoms with Gasteiger partial charge in [-0.25, -0.2) is 4.98 Å². The van der Waals surface area contributed by atoms with Crippen LogP contribution in [0, 0.1) is 0 Å². The van der Waals surface area contributed by atoms with Gasteiger partial charge in [-0.05, 0) is 6.07 Å². The topological polar surface area (TPSA) is 76.2 Å². The summed E-state index contributed by atoms with van der Waals surface area (Å²) in [7, 11) is 0. The highest BCUT2D eigenvalue weighted by atomic mass is 35.5. The first-order valence-electron chi connectivity index (χ1n) is 3.89. The van der Waals surface area contributed by atoms with Crippen LogP contribution in [0.3, 0.4) is 0 Å². The number of halogens is 1. The lowest BCUT2D eigenvalue weighted by Gasteiger charge is -2.00. The van der Waals surface area contributed by atoms with Gasteiger partial charge in [-0.1, -0.05) is 23.8 Å². The van der Waals surface area contributed by atoms with Crippen molar-refractivity contribution in [3.63, 3.8) is 0 Å². The Morgan fingerprint density at radius 1 is 1.71 bits per heavy atom. The molecule has 0 aromatic carbocycles. The third-order valence-electron chi connectivity index (χ3n) is 1.55. The number of aliphatic carboxylic acids is 1. The number of nitrogen functional groups attached to an aromatic ring is 1. The summed E-state index contributed by atoms with van der Waals surface area (Å²) < 4.78 is 0. The molecule has 4 nitrogen and oxygen atoms in total. The summed E-state index contributed by atoms with van der Waals surface area (Å²) in [6.45, 7) is 0. The summed E-state index contributed by atoms with van der Waals surface area (Å²) in [6.07, 6.45) is 4.46. The van der Waals surface area contributed by atoms with Gasteiger partial charge >= 0.3 is 5.97 Å². The number of hydrogen-bond acceptors (Lipinski definition) is 3. The molecule has 0 fully saturated rings. The highest BCUT2D eigenvalue weighted by Gasteiger charge is 2.01. The van der Waals surface area contributed by atoms with E-state index in [2.05, 4.69) is 4.98 Å². The molecule has 3 N–H and O–H groups in total. The fraction of sp³-hybridized carbons (Fsp3) is 0.111. The van der Waals surface area contributed by atoms with Crippen LogP contribution in [0.5, 0.6) is 0 Å². The normalized spacial score (nSPS) is 10.6. The predicted octanol–water partition coefficient (Wildman–Crippen LogP) is 1.81. The predicted molar refractivity (Wildman–Crippen MR) is 54.9 cm³/mol. The van der Waals surface area contributed by atoms with Crippen molar-refractivity contribution in [3.05, 3.63) is 29.1 Å². The first kappa shape index (κ1) is 10.5. The average molecular weight is 213 g/mol. The number of nitrogens with two attached hydrogens (primary N) is 1. The maximum Gasteiger partial charge on any atom is 0.307 e. The summed E-state index contributed by atoms with van der Waals surface area (Å²) >= 11 is 5.76. The number of carboxylic acid groups (broad SMARTS) is 1. The van der Waals surface area contributed by atoms with Crippen LogP contribution in [0.2, 0.25) is 5.15 Å². The summed E-state index contributed by atoms with van der Waals surface area (Å²) in [4.78, 5) is 14.1. The Morgan fingerprint density at radius 2 is 2.43 bits per heavy atom. The minimum absolute atomic E-state index is 0.0648. The molecule has 1 aromatic heterocycles. The molecular weight excluding hydrogens is 204 g/mol. The number of carboxylic acids is 1. The van der Waals surface area contributed by atoms with E-state index in [1.54, 1.807) is 12.1 Å². The van der Waals surface area contributed by atoms with Crippen molar-refractivity contribution in [2.75, 3.05) is 5.73 Å². The molecule has 0 bridgehead atoms. The van der Waals surface area contributed by atoms with Gasteiger partial charge in [0, 0.05) is 17.4 Å². The van der Waals surface area contributed by atoms with Gasteiger partial charge in [-0.3, -0.25) is 4.79 Å². The second-order valence-corrected chi connectivity index (χ2v) is 2.96. The molecule has 1 heterocycles. The molecule has 0 spiro atoms. The number of hydrogen-bond donors (Lipinski definition) is 2. The number of rotatable bonds is 3. The monoisotopic (exact) mass is 212 g/mol. The highest BCUT2D eigenvalue weighted by molar-refractivity contribution is 6.31. The molecule has 14 heavy (non-hydrogen) atoms. The second-order valence-electron chi connectivity index (χ2n) is 2.60. The number of carbonyl (C=O) groups is 1. The van der Waals surface area contributed by atoms with E-state index in [4.69, 9.17) is 22.4 Å². The van der Waals surface area contributed by atoms with Crippen LogP contribution in [-0.2, 0) is 4.79 Å². The van der Waals surface area contributed by atoms with E-state index in [-0.39, 0.29) is 11.6 Å². The highest BCUT2D eigenvalue weighted by Crippen LogP contribution is 2.20. The molecule has 0 saturated carbocycles. The number of anilines is 1. The lowest BCUT2D eigenvalue weighted by atomic mass is 10.2. The Labute approximate surface area is 86.0 Å². The van der Waals surface area contributed by atoms with Crippen LogP contribution in [-0.4, -0.2) is 16.1 Å². The maximum absolute atomic E-state index is 10.2. The largest absolute Gasteiger partial charge is 0.481 e. The van der Waals surface area contributed by atoms with Gasteiger partial charge in [0.05, 0.1) is 6.42 Å². The maximum atomic E-state index is 10.2. The van der Waals surface area contributed by atoms with E-state index in [0.29, 0.717) is 11.3 Å². The minimum Gasteiger partial charge on any atom is -0.481 e. The number of nitrogens with zero attached hydrogens (tertiary/aromatic N) is 1. The Kier molecular flexibility index (Phi) is 3.48. The van der Waals surface area contributed by atoms with Gasteiger partial charge in [0.1, 0.15) is 5.15 Å². The Hall–Kier alpha value is -1.55. The van der Waals surface area contributed by atoms with Crippen molar-refractivity contribution in [1.29, 1.82) is 0 Å². The van der Waals surface area contributed by atoms with E-state index in [0.717, 1.165) is 0 Å². The lowest BCUT2D eigenvalue weighted by molar-refractivity contribution is -0.135. The summed E-state index contributed by atoms with van der Waals surface area (Å²) in [5.41, 5.74) is 6.64. The van der Waals surface area contributed by atoms with Crippen molar-refractivity contribution >= 4 is 29.3 Å². The second kappa shape index (κ2) is 4.62. The fourth-order valence-electron chi connectivity index (χ4n) is 0.904. The first-order valence-corrected chi connectivity index (χ1v) is 4.27. The molecule has 1 rings (SSSR count). The van der Waals surface area contributed by atoms with Crippen molar-refractivity contribution in [3.8, 4) is 0 Å². The molecule has 0 aliphatic carbocycles. The molecular formula is C9H9ClN2O2. The molecule has 1 aromatic rings. The van der Waals surface area contributed by atoms with Gasteiger partial charge in [0.2, 0.25) is 0 Å². The molecule has 0 aliphatic rings. The van der Waals surface area contributed by atoms with Gasteiger partial charge < -0.3 is 10.8 Å². The van der Waals surface area contributed by atoms with Crippen LogP contribution in [0.15, 0.2) is 18.3 Å². The van der Waals surface area contributed by atoms with E-state index < -0.39 is 5.97 Å². The fourth-order valence-corrected chi connectivity index (χ4v) is 1.13. The van der Waals surface area contributed by atoms with E-state index in [1.807, 2.05) is 0 Å². The smallest absolute Gasteiger partial charge is 0.307 e. The number of pyridine rings is 1. The van der Waals surface area contributed by atoms with Gasteiger partial charge in [0.15, 0.2) is 0 Å². The third-order valence-corrected chi connectivity index (χ3v) is 1.85. The van der Waals surface area contributed by atoms with Crippen LogP contribution in [0.25, 0.3) is 6.08 Å². The standard InChI is InChI=1S/C9H9ClN2O2/c10-9-6(2-1-3-8(13)14)7(11)4-5-12-9/h1-2,4-5H,3H2,(H2,11,12)(H,13,14). The molecule has 74 valence electrons. The van der Waals surface area contributed by atoms with Crippen molar-refractivity contribution in [1.82, 2.24) is 4.98 Å². The molecule has 0 atom stereocenters. The lowest BCUT2D eigenvalue weighted by Crippen LogP contribution is -1.93. The Bertz CT molecular complexity index is 357. The molecule has 0 aliphatic heterocycles. The molecule has 0 amide bonds. The average Bonchev–Trinajstić information content (AvgIpc) is 2.09. The Balaban J connectivity index is 2.85. The zero-order chi connectivity index (χ0) is 10.6. The molecule has 0 saturated heterocycles. The van der Waals surface area contributed by atoms with Crippen LogP contribution >= 0.6 is 11.6 Å². The molecule has 5 heteroatoms. The van der Waals surface area contributed by atoms with Crippen molar-refractivity contribution < 1.29 is 9.90 Å².